The van der Waals surface area contributed by atoms with E-state index in [1.807, 2.05) is 21.0 Å². The fraction of sp³-hybridized carbons (Fsp3) is 0.333. The summed E-state index contributed by atoms with van der Waals surface area (Å²) in [4.78, 5) is 8.13. The van der Waals surface area contributed by atoms with Crippen LogP contribution in [0.25, 0.3) is 0 Å². The van der Waals surface area contributed by atoms with Crippen LogP contribution in [0.5, 0.6) is 0 Å². The summed E-state index contributed by atoms with van der Waals surface area (Å²) in [5.74, 6) is 0. The van der Waals surface area contributed by atoms with Gasteiger partial charge < -0.3 is 0 Å². The molecular formula is C6H8BN2. The lowest BCUT2D eigenvalue weighted by Crippen LogP contribution is -2.19. The van der Waals surface area contributed by atoms with Gasteiger partial charge in [-0.25, -0.2) is 0 Å². The summed E-state index contributed by atoms with van der Waals surface area (Å²) in [5, 5.41) is 0. The first-order valence-electron chi connectivity index (χ1n) is 2.91. The third kappa shape index (κ3) is 1.28. The predicted octanol–water partition coefficient (Wildman–Crippen LogP) is 0.163. The van der Waals surface area contributed by atoms with Gasteiger partial charge in [0.05, 0.1) is 0 Å². The molecule has 3 heteroatoms. The largest absolute Gasteiger partial charge is 0.269 e. The van der Waals surface area contributed by atoms with Crippen LogP contribution in [0.15, 0.2) is 12.4 Å². The second-order valence-electron chi connectivity index (χ2n) is 1.82. The monoisotopic (exact) mass is 119 g/mol. The number of nitrogens with zero attached hydrogens (tertiary/aromatic N) is 2. The summed E-state index contributed by atoms with van der Waals surface area (Å²) in [7, 11) is 1.95. The van der Waals surface area contributed by atoms with E-state index in [-0.39, 0.29) is 0 Å². The molecule has 0 aliphatic heterocycles. The minimum atomic E-state index is 0.970. The molecule has 1 heterocycles. The van der Waals surface area contributed by atoms with Crippen molar-refractivity contribution in [1.29, 1.82) is 0 Å². The zero-order valence-corrected chi connectivity index (χ0v) is 5.63. The quantitative estimate of drug-likeness (QED) is 0.492. The molecule has 0 aliphatic carbocycles. The Morgan fingerprint density at radius 2 is 2.00 bits per heavy atom. The van der Waals surface area contributed by atoms with Gasteiger partial charge in [-0.2, -0.15) is 0 Å². The summed E-state index contributed by atoms with van der Waals surface area (Å²) < 4.78 is 0. The molecule has 45 valence electrons. The van der Waals surface area contributed by atoms with E-state index in [1.165, 1.54) is 0 Å². The standard InChI is InChI=1S/C6H8BN2/c1-5-6(7-2)9-4-3-8-5/h3-4H,1-2H3. The van der Waals surface area contributed by atoms with Gasteiger partial charge in [-0.15, -0.1) is 0 Å². The van der Waals surface area contributed by atoms with Gasteiger partial charge in [-0.05, 0) is 6.92 Å². The molecule has 9 heavy (non-hydrogen) atoms. The number of aryl methyl sites for hydroxylation is 1. The normalized spacial score (nSPS) is 9.11. The van der Waals surface area contributed by atoms with Gasteiger partial charge in [0.15, 0.2) is 7.28 Å². The highest BCUT2D eigenvalue weighted by atomic mass is 14.8. The molecule has 0 fully saturated rings. The van der Waals surface area contributed by atoms with Crippen LogP contribution < -0.4 is 5.59 Å². The van der Waals surface area contributed by atoms with Crippen molar-refractivity contribution in [2.24, 2.45) is 0 Å². The Balaban J connectivity index is 3.01. The third-order valence-electron chi connectivity index (χ3n) is 1.19. The Kier molecular flexibility index (Phi) is 1.83. The van der Waals surface area contributed by atoms with Crippen LogP contribution in [0, 0.1) is 6.92 Å². The van der Waals surface area contributed by atoms with Crippen LogP contribution in [-0.4, -0.2) is 17.2 Å². The number of hydrogen-bond acceptors (Lipinski definition) is 2. The molecule has 0 bridgehead atoms. The molecule has 0 N–H and O–H groups in total. The summed E-state index contributed by atoms with van der Waals surface area (Å²) in [5.41, 5.74) is 1.96. The molecule has 0 saturated heterocycles. The van der Waals surface area contributed by atoms with E-state index >= 15 is 0 Å². The molecular weight excluding hydrogens is 111 g/mol. The second-order valence-corrected chi connectivity index (χ2v) is 1.82. The van der Waals surface area contributed by atoms with Crippen LogP contribution in [0.1, 0.15) is 5.69 Å². The lowest BCUT2D eigenvalue weighted by molar-refractivity contribution is 1.15. The Morgan fingerprint density at radius 1 is 1.33 bits per heavy atom. The molecule has 1 radical (unpaired) electrons. The average Bonchev–Trinajstić information content (AvgIpc) is 1.89. The van der Waals surface area contributed by atoms with Gasteiger partial charge in [-0.3, -0.25) is 9.97 Å². The highest BCUT2D eigenvalue weighted by Gasteiger charge is 1.94. The molecule has 0 aromatic carbocycles. The fourth-order valence-corrected chi connectivity index (χ4v) is 0.702. The number of rotatable bonds is 1. The van der Waals surface area contributed by atoms with Crippen LogP contribution in [0.4, 0.5) is 0 Å². The molecule has 0 unspecified atom stereocenters. The van der Waals surface area contributed by atoms with Crippen LogP contribution in [0.3, 0.4) is 0 Å². The first kappa shape index (κ1) is 6.27. The van der Waals surface area contributed by atoms with Gasteiger partial charge >= 0.3 is 0 Å². The van der Waals surface area contributed by atoms with Crippen molar-refractivity contribution < 1.29 is 0 Å². The molecule has 0 saturated carbocycles. The van der Waals surface area contributed by atoms with Crippen LogP contribution in [0.2, 0.25) is 6.82 Å². The Labute approximate surface area is 55.6 Å². The first-order valence-corrected chi connectivity index (χ1v) is 2.91. The smallest absolute Gasteiger partial charge is 0.176 e. The minimum Gasteiger partial charge on any atom is -0.269 e. The molecule has 1 rings (SSSR count). The summed E-state index contributed by atoms with van der Waals surface area (Å²) in [6.45, 7) is 3.90. The maximum Gasteiger partial charge on any atom is 0.176 e. The highest BCUT2D eigenvalue weighted by Crippen LogP contribution is 1.80. The molecule has 0 spiro atoms. The maximum absolute atomic E-state index is 4.08. The summed E-state index contributed by atoms with van der Waals surface area (Å²) in [6.07, 6.45) is 3.39. The molecule has 0 aliphatic rings. The Hall–Kier alpha value is -0.855. The summed E-state index contributed by atoms with van der Waals surface area (Å²) >= 11 is 0. The third-order valence-corrected chi connectivity index (χ3v) is 1.19. The van der Waals surface area contributed by atoms with E-state index in [9.17, 15) is 0 Å². The van der Waals surface area contributed by atoms with Gasteiger partial charge in [0.25, 0.3) is 0 Å². The first-order chi connectivity index (χ1) is 4.34. The lowest BCUT2D eigenvalue weighted by Gasteiger charge is -1.95. The van der Waals surface area contributed by atoms with E-state index in [0.717, 1.165) is 11.3 Å². The SMILES string of the molecule is C[B]c1nccnc1C. The van der Waals surface area contributed by atoms with E-state index in [2.05, 4.69) is 9.97 Å². The zero-order chi connectivity index (χ0) is 6.69. The lowest BCUT2D eigenvalue weighted by atomic mass is 9.77. The van der Waals surface area contributed by atoms with Crippen molar-refractivity contribution in [3.05, 3.63) is 18.1 Å². The van der Waals surface area contributed by atoms with Gasteiger partial charge in [0.1, 0.15) is 0 Å². The van der Waals surface area contributed by atoms with Crippen molar-refractivity contribution in [1.82, 2.24) is 9.97 Å². The van der Waals surface area contributed by atoms with Crippen molar-refractivity contribution in [3.63, 3.8) is 0 Å². The number of hydrogen-bond donors (Lipinski definition) is 0. The van der Waals surface area contributed by atoms with Crippen molar-refractivity contribution in [3.8, 4) is 0 Å². The fourth-order valence-electron chi connectivity index (χ4n) is 0.702. The highest BCUT2D eigenvalue weighted by molar-refractivity contribution is 6.51. The molecule has 0 atom stereocenters. The number of aromatic nitrogens is 2. The van der Waals surface area contributed by atoms with E-state index in [4.69, 9.17) is 0 Å². The van der Waals surface area contributed by atoms with E-state index in [0.29, 0.717) is 0 Å². The van der Waals surface area contributed by atoms with Gasteiger partial charge in [0.2, 0.25) is 0 Å². The molecule has 0 amide bonds. The van der Waals surface area contributed by atoms with Crippen molar-refractivity contribution in [2.75, 3.05) is 0 Å². The zero-order valence-electron chi connectivity index (χ0n) is 5.63. The Morgan fingerprint density at radius 3 is 2.44 bits per heavy atom. The van der Waals surface area contributed by atoms with Crippen molar-refractivity contribution >= 4 is 12.9 Å². The van der Waals surface area contributed by atoms with E-state index in [1.54, 1.807) is 12.4 Å². The second kappa shape index (κ2) is 2.62. The Bertz CT molecular complexity index is 200. The van der Waals surface area contributed by atoms with E-state index < -0.39 is 0 Å². The van der Waals surface area contributed by atoms with Crippen LogP contribution in [-0.2, 0) is 0 Å². The molecule has 1 aromatic heterocycles. The summed E-state index contributed by atoms with van der Waals surface area (Å²) in [6, 6.07) is 0. The molecule has 1 aromatic rings. The van der Waals surface area contributed by atoms with Crippen molar-refractivity contribution in [2.45, 2.75) is 13.7 Å². The predicted molar refractivity (Wildman–Crippen MR) is 38.0 cm³/mol. The molecule has 2 nitrogen and oxygen atoms in total. The minimum absolute atomic E-state index is 0.970. The maximum atomic E-state index is 4.08. The van der Waals surface area contributed by atoms with Gasteiger partial charge in [-0.1, -0.05) is 6.82 Å². The average molecular weight is 119 g/mol. The topological polar surface area (TPSA) is 25.8 Å². The van der Waals surface area contributed by atoms with Crippen LogP contribution >= 0.6 is 0 Å². The van der Waals surface area contributed by atoms with Gasteiger partial charge in [0, 0.05) is 23.7 Å².